The standard InChI is InChI=1S/C18H26N4O2S/c1-11(2)10-24-15-9-12(3)7-8-14(15)20-17(23)21-18-19-13(4)16(25-18)22(5)6/h7-9,11H,10H2,1-6H3,(H2,19,20,21,23). The van der Waals surface area contributed by atoms with Gasteiger partial charge in [0.15, 0.2) is 5.13 Å². The normalized spacial score (nSPS) is 10.7. The van der Waals surface area contributed by atoms with Crippen LogP contribution >= 0.6 is 11.3 Å². The van der Waals surface area contributed by atoms with Crippen LogP contribution in [-0.2, 0) is 0 Å². The summed E-state index contributed by atoms with van der Waals surface area (Å²) in [4.78, 5) is 18.7. The van der Waals surface area contributed by atoms with Crippen LogP contribution in [0.15, 0.2) is 18.2 Å². The van der Waals surface area contributed by atoms with Crippen LogP contribution in [-0.4, -0.2) is 31.7 Å². The van der Waals surface area contributed by atoms with Crippen LogP contribution in [0.25, 0.3) is 0 Å². The average molecular weight is 362 g/mol. The highest BCUT2D eigenvalue weighted by atomic mass is 32.1. The predicted octanol–water partition coefficient (Wildman–Crippen LogP) is 4.50. The number of amides is 2. The van der Waals surface area contributed by atoms with Crippen molar-refractivity contribution in [1.82, 2.24) is 4.98 Å². The lowest BCUT2D eigenvalue weighted by Gasteiger charge is -2.14. The molecule has 0 aliphatic carbocycles. The minimum atomic E-state index is -0.336. The van der Waals surface area contributed by atoms with Crippen molar-refractivity contribution < 1.29 is 9.53 Å². The highest BCUT2D eigenvalue weighted by molar-refractivity contribution is 7.19. The van der Waals surface area contributed by atoms with Gasteiger partial charge in [0.1, 0.15) is 10.8 Å². The summed E-state index contributed by atoms with van der Waals surface area (Å²) in [5.74, 6) is 1.08. The number of carbonyl (C=O) groups excluding carboxylic acids is 1. The summed E-state index contributed by atoms with van der Waals surface area (Å²) < 4.78 is 5.82. The van der Waals surface area contributed by atoms with Crippen LogP contribution in [0.5, 0.6) is 5.75 Å². The predicted molar refractivity (Wildman–Crippen MR) is 105 cm³/mol. The number of anilines is 3. The van der Waals surface area contributed by atoms with Crippen LogP contribution in [0.4, 0.5) is 20.6 Å². The molecule has 0 atom stereocenters. The summed E-state index contributed by atoms with van der Waals surface area (Å²) in [5, 5.41) is 7.22. The van der Waals surface area contributed by atoms with Gasteiger partial charge in [-0.1, -0.05) is 31.3 Å². The van der Waals surface area contributed by atoms with Gasteiger partial charge >= 0.3 is 6.03 Å². The first-order chi connectivity index (χ1) is 11.8. The maximum absolute atomic E-state index is 12.3. The van der Waals surface area contributed by atoms with E-state index in [0.29, 0.717) is 29.1 Å². The zero-order valence-electron chi connectivity index (χ0n) is 15.6. The number of hydrogen-bond donors (Lipinski definition) is 2. The third-order valence-electron chi connectivity index (χ3n) is 3.36. The fraction of sp³-hybridized carbons (Fsp3) is 0.444. The van der Waals surface area contributed by atoms with E-state index in [9.17, 15) is 4.79 Å². The molecular weight excluding hydrogens is 336 g/mol. The first-order valence-electron chi connectivity index (χ1n) is 8.22. The zero-order chi connectivity index (χ0) is 18.6. The number of thiazole rings is 1. The van der Waals surface area contributed by atoms with Gasteiger partial charge < -0.3 is 15.0 Å². The van der Waals surface area contributed by atoms with E-state index in [2.05, 4.69) is 29.5 Å². The van der Waals surface area contributed by atoms with Crippen molar-refractivity contribution in [2.24, 2.45) is 5.92 Å². The Hall–Kier alpha value is -2.28. The summed E-state index contributed by atoms with van der Waals surface area (Å²) in [7, 11) is 3.91. The van der Waals surface area contributed by atoms with Crippen molar-refractivity contribution in [2.45, 2.75) is 27.7 Å². The van der Waals surface area contributed by atoms with E-state index >= 15 is 0 Å². The van der Waals surface area contributed by atoms with Gasteiger partial charge in [0.2, 0.25) is 0 Å². The SMILES string of the molecule is Cc1ccc(NC(=O)Nc2nc(C)c(N(C)C)s2)c(OCC(C)C)c1. The van der Waals surface area contributed by atoms with Crippen LogP contribution in [0.3, 0.4) is 0 Å². The fourth-order valence-electron chi connectivity index (χ4n) is 2.22. The highest BCUT2D eigenvalue weighted by Gasteiger charge is 2.13. The van der Waals surface area contributed by atoms with E-state index in [1.54, 1.807) is 0 Å². The molecule has 0 unspecified atom stereocenters. The fourth-order valence-corrected chi connectivity index (χ4v) is 3.10. The summed E-state index contributed by atoms with van der Waals surface area (Å²) >= 11 is 1.44. The van der Waals surface area contributed by atoms with Gasteiger partial charge in [0, 0.05) is 14.1 Å². The molecule has 1 aromatic heterocycles. The largest absolute Gasteiger partial charge is 0.491 e. The van der Waals surface area contributed by atoms with E-state index in [0.717, 1.165) is 16.3 Å². The van der Waals surface area contributed by atoms with Crippen LogP contribution in [0.2, 0.25) is 0 Å². The Morgan fingerprint density at radius 1 is 1.28 bits per heavy atom. The number of benzene rings is 1. The van der Waals surface area contributed by atoms with Crippen LogP contribution in [0.1, 0.15) is 25.1 Å². The van der Waals surface area contributed by atoms with Crippen molar-refractivity contribution in [3.05, 3.63) is 29.5 Å². The zero-order valence-corrected chi connectivity index (χ0v) is 16.5. The number of nitrogens with zero attached hydrogens (tertiary/aromatic N) is 2. The van der Waals surface area contributed by atoms with E-state index in [-0.39, 0.29) is 6.03 Å². The van der Waals surface area contributed by atoms with Gasteiger partial charge in [-0.3, -0.25) is 5.32 Å². The first kappa shape index (κ1) is 19.1. The molecule has 0 aliphatic rings. The third-order valence-corrected chi connectivity index (χ3v) is 4.60. The molecule has 2 N–H and O–H groups in total. The Kier molecular flexibility index (Phi) is 6.25. The number of ether oxygens (including phenoxy) is 1. The van der Waals surface area contributed by atoms with Gasteiger partial charge in [-0.25, -0.2) is 9.78 Å². The number of aromatic nitrogens is 1. The topological polar surface area (TPSA) is 66.5 Å². The number of rotatable bonds is 6. The van der Waals surface area contributed by atoms with E-state index < -0.39 is 0 Å². The number of urea groups is 1. The molecule has 1 heterocycles. The minimum Gasteiger partial charge on any atom is -0.491 e. The molecule has 7 heteroatoms. The summed E-state index contributed by atoms with van der Waals surface area (Å²) in [5.41, 5.74) is 2.61. The Morgan fingerprint density at radius 2 is 2.00 bits per heavy atom. The van der Waals surface area contributed by atoms with Gasteiger partial charge in [-0.15, -0.1) is 0 Å². The second-order valence-electron chi connectivity index (χ2n) is 6.59. The lowest BCUT2D eigenvalue weighted by Crippen LogP contribution is -2.20. The Morgan fingerprint density at radius 3 is 2.60 bits per heavy atom. The molecule has 136 valence electrons. The second-order valence-corrected chi connectivity index (χ2v) is 7.57. The lowest BCUT2D eigenvalue weighted by atomic mass is 10.2. The van der Waals surface area contributed by atoms with Gasteiger partial charge in [-0.2, -0.15) is 0 Å². The average Bonchev–Trinajstić information content (AvgIpc) is 2.88. The quantitative estimate of drug-likeness (QED) is 0.794. The maximum Gasteiger partial charge on any atom is 0.325 e. The molecule has 0 aliphatic heterocycles. The smallest absolute Gasteiger partial charge is 0.325 e. The van der Waals surface area contributed by atoms with Crippen LogP contribution < -0.4 is 20.3 Å². The molecule has 25 heavy (non-hydrogen) atoms. The number of hydrogen-bond acceptors (Lipinski definition) is 5. The summed E-state index contributed by atoms with van der Waals surface area (Å²) in [6, 6.07) is 5.38. The van der Waals surface area contributed by atoms with Crippen molar-refractivity contribution >= 4 is 33.2 Å². The van der Waals surface area contributed by atoms with Crippen molar-refractivity contribution in [2.75, 3.05) is 36.2 Å². The maximum atomic E-state index is 12.3. The van der Waals surface area contributed by atoms with Gasteiger partial charge in [0.05, 0.1) is 18.0 Å². The monoisotopic (exact) mass is 362 g/mol. The molecule has 2 amide bonds. The third kappa shape index (κ3) is 5.35. The number of aryl methyl sites for hydroxylation is 2. The Labute approximate surface area is 153 Å². The molecule has 2 rings (SSSR count). The number of carbonyl (C=O) groups is 1. The Balaban J connectivity index is 2.08. The molecule has 0 spiro atoms. The molecule has 0 radical (unpaired) electrons. The molecule has 0 saturated heterocycles. The summed E-state index contributed by atoms with van der Waals surface area (Å²) in [6.07, 6.45) is 0. The van der Waals surface area contributed by atoms with Crippen molar-refractivity contribution in [3.63, 3.8) is 0 Å². The van der Waals surface area contributed by atoms with Crippen molar-refractivity contribution in [1.29, 1.82) is 0 Å². The van der Waals surface area contributed by atoms with E-state index in [1.807, 2.05) is 51.0 Å². The Bertz CT molecular complexity index is 741. The van der Waals surface area contributed by atoms with Crippen LogP contribution in [0, 0.1) is 19.8 Å². The van der Waals surface area contributed by atoms with Gasteiger partial charge in [0.25, 0.3) is 0 Å². The molecule has 0 saturated carbocycles. The molecule has 0 fully saturated rings. The number of nitrogens with one attached hydrogen (secondary N) is 2. The molecule has 0 bridgehead atoms. The second kappa shape index (κ2) is 8.20. The minimum absolute atomic E-state index is 0.336. The highest BCUT2D eigenvalue weighted by Crippen LogP contribution is 2.30. The molecule has 6 nitrogen and oxygen atoms in total. The summed E-state index contributed by atoms with van der Waals surface area (Å²) in [6.45, 7) is 8.68. The molecular formula is C18H26N4O2S. The van der Waals surface area contributed by atoms with Crippen molar-refractivity contribution in [3.8, 4) is 5.75 Å². The molecule has 2 aromatic rings. The first-order valence-corrected chi connectivity index (χ1v) is 9.04. The van der Waals surface area contributed by atoms with E-state index in [4.69, 9.17) is 4.74 Å². The molecule has 1 aromatic carbocycles. The van der Waals surface area contributed by atoms with E-state index in [1.165, 1.54) is 11.3 Å². The lowest BCUT2D eigenvalue weighted by molar-refractivity contribution is 0.260. The van der Waals surface area contributed by atoms with Gasteiger partial charge in [-0.05, 0) is 37.5 Å².